The molecule has 4 N–H and O–H groups in total. The standard InChI is InChI=1S/C80H88N4O6/c1-77(2,3)65-41-53-37-57(73(65)85)45-81-69-17-13-14-18-70(69)82-46-58-38-54(42-66(74(58)86)78(4,5)6)51-25-33-63(34-26-51)90-64-35-27-52(28-36-64)56-40-60(76(88)68(44-56)80(10,11)12)48-84-72-20-16-15-19-71(72)83-47-59-39-55(43-67(75(59)87)79(7,8)9)50-23-31-62(32-24-50)89-61-29-21-49(53)22-30-61/h21-48,69-72,85-88H,13-20H2,1-12H3/t69-,70-,71-,72-/m0/s1. The summed E-state index contributed by atoms with van der Waals surface area (Å²) in [6, 6.07) is 48.0. The van der Waals surface area contributed by atoms with Crippen LogP contribution in [0.3, 0.4) is 0 Å². The van der Waals surface area contributed by atoms with Crippen LogP contribution in [0.5, 0.6) is 46.0 Å². The average molecular weight is 1200 g/mol. The van der Waals surface area contributed by atoms with Gasteiger partial charge in [0, 0.05) is 69.4 Å². The van der Waals surface area contributed by atoms with Crippen LogP contribution in [-0.2, 0) is 21.7 Å². The van der Waals surface area contributed by atoms with Crippen molar-refractivity contribution < 1.29 is 29.9 Å². The number of phenols is 4. The average Bonchev–Trinajstić information content (AvgIpc) is 1.01. The third kappa shape index (κ3) is 14.1. The summed E-state index contributed by atoms with van der Waals surface area (Å²) in [6.45, 7) is 25.3. The van der Waals surface area contributed by atoms with Crippen molar-refractivity contribution in [1.29, 1.82) is 0 Å². The van der Waals surface area contributed by atoms with E-state index >= 15 is 0 Å². The maximum Gasteiger partial charge on any atom is 0.128 e. The van der Waals surface area contributed by atoms with Crippen LogP contribution < -0.4 is 9.47 Å². The van der Waals surface area contributed by atoms with E-state index in [1.807, 2.05) is 146 Å². The zero-order chi connectivity index (χ0) is 63.9. The Morgan fingerprint density at radius 3 is 0.644 bits per heavy atom. The van der Waals surface area contributed by atoms with Crippen LogP contribution in [0.4, 0.5) is 0 Å². The van der Waals surface area contributed by atoms with E-state index < -0.39 is 0 Å². The van der Waals surface area contributed by atoms with E-state index in [2.05, 4.69) is 107 Å². The molecule has 17 rings (SSSR count). The topological polar surface area (TPSA) is 149 Å². The van der Waals surface area contributed by atoms with Gasteiger partial charge in [-0.05, 0) is 189 Å². The van der Waals surface area contributed by atoms with E-state index in [0.29, 0.717) is 45.3 Å². The molecule has 8 aromatic carbocycles. The molecule has 0 aromatic heterocycles. The zero-order valence-corrected chi connectivity index (χ0v) is 54.5. The van der Waals surface area contributed by atoms with Gasteiger partial charge in [-0.1, -0.05) is 157 Å². The smallest absolute Gasteiger partial charge is 0.128 e. The Hall–Kier alpha value is -8.76. The third-order valence-corrected chi connectivity index (χ3v) is 18.0. The number of benzene rings is 8. The molecule has 90 heavy (non-hydrogen) atoms. The number of rotatable bonds is 0. The first-order chi connectivity index (χ1) is 42.7. The maximum atomic E-state index is 11.9. The summed E-state index contributed by atoms with van der Waals surface area (Å²) in [6.07, 6.45) is 14.8. The Bertz CT molecular complexity index is 3510. The summed E-state index contributed by atoms with van der Waals surface area (Å²) in [4.78, 5) is 20.8. The molecule has 464 valence electrons. The number of ether oxygens (including phenoxy) is 2. The Morgan fingerprint density at radius 2 is 0.467 bits per heavy atom. The predicted octanol–water partition coefficient (Wildman–Crippen LogP) is 20.0. The van der Waals surface area contributed by atoms with Crippen LogP contribution in [0.25, 0.3) is 44.5 Å². The van der Waals surface area contributed by atoms with Gasteiger partial charge < -0.3 is 29.9 Å². The van der Waals surface area contributed by atoms with E-state index in [-0.39, 0.29) is 68.8 Å². The van der Waals surface area contributed by atoms with E-state index in [4.69, 9.17) is 29.4 Å². The minimum atomic E-state index is -0.359. The first kappa shape index (κ1) is 62.8. The molecule has 10 heteroatoms. The van der Waals surface area contributed by atoms with Gasteiger partial charge in [0.1, 0.15) is 46.0 Å². The van der Waals surface area contributed by atoms with Crippen LogP contribution in [0, 0.1) is 0 Å². The molecular weight excluding hydrogens is 1110 g/mol. The van der Waals surface area contributed by atoms with Gasteiger partial charge in [0.15, 0.2) is 0 Å². The fourth-order valence-electron chi connectivity index (χ4n) is 12.7. The van der Waals surface area contributed by atoms with Gasteiger partial charge in [0.05, 0.1) is 24.2 Å². The molecule has 2 aliphatic carbocycles. The molecule has 9 aliphatic rings. The number of aliphatic imine (C=N–C) groups is 4. The maximum absolute atomic E-state index is 11.9. The van der Waals surface area contributed by atoms with Crippen LogP contribution >= 0.6 is 0 Å². The molecule has 0 unspecified atom stereocenters. The number of hydrogen-bond acceptors (Lipinski definition) is 10. The van der Waals surface area contributed by atoms with Crippen LogP contribution in [0.1, 0.15) is 179 Å². The summed E-state index contributed by atoms with van der Waals surface area (Å²) in [5.74, 6) is 3.60. The summed E-state index contributed by atoms with van der Waals surface area (Å²) < 4.78 is 12.9. The SMILES string of the molecule is CC(C)(C)c1cc2cc(c1O)C=N[C@H]1CCCC[C@@H]1N=Cc1cc(cc(C(C)(C)C)c1O)-c1ccc(cc1)Oc1ccc(cc1)-c1cc(c(O)c(C(C)(C)C)c1)C=N[C@H]1CCCC[C@@H]1N=Cc1cc(cc(C(C)(C)C)c1O)-c1ccc(cc1)Oc1ccc-2cc1. The molecule has 4 atom stereocenters. The molecular formula is C80H88N4O6. The third-order valence-electron chi connectivity index (χ3n) is 18.0. The lowest BCUT2D eigenvalue weighted by molar-refractivity contribution is 0.390. The second-order valence-electron chi connectivity index (χ2n) is 29.1. The minimum absolute atomic E-state index is 0.123. The second-order valence-corrected chi connectivity index (χ2v) is 29.1. The van der Waals surface area contributed by atoms with Gasteiger partial charge in [0.2, 0.25) is 0 Å². The van der Waals surface area contributed by atoms with Gasteiger partial charge in [-0.25, -0.2) is 0 Å². The molecule has 2 fully saturated rings. The van der Waals surface area contributed by atoms with Crippen molar-refractivity contribution in [2.75, 3.05) is 0 Å². The van der Waals surface area contributed by atoms with Crippen molar-refractivity contribution in [3.8, 4) is 90.5 Å². The summed E-state index contributed by atoms with van der Waals surface area (Å²) in [5, 5.41) is 47.6. The van der Waals surface area contributed by atoms with Crippen LogP contribution in [0.15, 0.2) is 166 Å². The van der Waals surface area contributed by atoms with Crippen molar-refractivity contribution in [3.63, 3.8) is 0 Å². The highest BCUT2D eigenvalue weighted by atomic mass is 16.5. The van der Waals surface area contributed by atoms with Crippen LogP contribution in [-0.4, -0.2) is 69.5 Å². The quantitative estimate of drug-likeness (QED) is 0.119. The van der Waals surface area contributed by atoms with Crippen molar-refractivity contribution in [2.45, 2.75) is 180 Å². The van der Waals surface area contributed by atoms with E-state index in [1.54, 1.807) is 0 Å². The molecule has 0 spiro atoms. The first-order valence-corrected chi connectivity index (χ1v) is 32.1. The Balaban J connectivity index is 0.973. The lowest BCUT2D eigenvalue weighted by Crippen LogP contribution is -2.27. The Labute approximate surface area is 532 Å². The molecule has 7 heterocycles. The molecule has 0 radical (unpaired) electrons. The highest BCUT2D eigenvalue weighted by Crippen LogP contribution is 2.43. The fourth-order valence-corrected chi connectivity index (χ4v) is 12.7. The lowest BCUT2D eigenvalue weighted by atomic mass is 9.83. The zero-order valence-electron chi connectivity index (χ0n) is 54.5. The van der Waals surface area contributed by atoms with Gasteiger partial charge in [-0.15, -0.1) is 0 Å². The lowest BCUT2D eigenvalue weighted by Gasteiger charge is -2.26. The molecule has 16 bridgehead atoms. The Kier molecular flexibility index (Phi) is 17.6. The summed E-state index contributed by atoms with van der Waals surface area (Å²) in [5.41, 5.74) is 12.2. The highest BCUT2D eigenvalue weighted by Gasteiger charge is 2.30. The molecule has 0 saturated heterocycles. The van der Waals surface area contributed by atoms with E-state index in [9.17, 15) is 20.4 Å². The molecule has 0 amide bonds. The molecule has 7 aliphatic heterocycles. The highest BCUT2D eigenvalue weighted by molar-refractivity contribution is 5.91. The van der Waals surface area contributed by atoms with E-state index in [1.165, 1.54) is 0 Å². The number of hydrogen-bond donors (Lipinski definition) is 4. The largest absolute Gasteiger partial charge is 0.507 e. The van der Waals surface area contributed by atoms with Crippen molar-refractivity contribution in [3.05, 3.63) is 190 Å². The van der Waals surface area contributed by atoms with Crippen molar-refractivity contribution >= 4 is 24.9 Å². The molecule has 10 nitrogen and oxygen atoms in total. The fraction of sp³-hybridized carbons (Fsp3) is 0.350. The summed E-state index contributed by atoms with van der Waals surface area (Å²) in [7, 11) is 0. The van der Waals surface area contributed by atoms with Crippen molar-refractivity contribution in [2.24, 2.45) is 20.0 Å². The van der Waals surface area contributed by atoms with E-state index in [0.717, 1.165) is 118 Å². The van der Waals surface area contributed by atoms with Gasteiger partial charge >= 0.3 is 0 Å². The molecule has 2 saturated carbocycles. The predicted molar refractivity (Wildman–Crippen MR) is 372 cm³/mol. The second kappa shape index (κ2) is 25.3. The van der Waals surface area contributed by atoms with Crippen molar-refractivity contribution in [1.82, 2.24) is 0 Å². The van der Waals surface area contributed by atoms with Gasteiger partial charge in [-0.3, -0.25) is 20.0 Å². The van der Waals surface area contributed by atoms with Gasteiger partial charge in [-0.2, -0.15) is 0 Å². The first-order valence-electron chi connectivity index (χ1n) is 32.1. The number of aromatic hydroxyl groups is 4. The number of phenolic OH excluding ortho intramolecular Hbond substituents is 4. The monoisotopic (exact) mass is 1200 g/mol. The Morgan fingerprint density at radius 1 is 0.278 bits per heavy atom. The van der Waals surface area contributed by atoms with Crippen LogP contribution in [0.2, 0.25) is 0 Å². The minimum Gasteiger partial charge on any atom is -0.507 e. The summed E-state index contributed by atoms with van der Waals surface area (Å²) >= 11 is 0. The molecule has 8 aromatic rings. The van der Waals surface area contributed by atoms with Gasteiger partial charge in [0.25, 0.3) is 0 Å². The number of nitrogens with zero attached hydrogens (tertiary/aromatic N) is 4. The normalized spacial score (nSPS) is 18.3.